The van der Waals surface area contributed by atoms with Crippen LogP contribution in [0, 0.1) is 6.92 Å². The number of hydrogen-bond donors (Lipinski definition) is 0. The predicted molar refractivity (Wildman–Crippen MR) is 56.8 cm³/mol. The molecule has 0 N–H and O–H groups in total. The first-order valence-corrected chi connectivity index (χ1v) is 5.13. The van der Waals surface area contributed by atoms with Crippen LogP contribution in [0.2, 0.25) is 0 Å². The lowest BCUT2D eigenvalue weighted by molar-refractivity contribution is -0.142. The molecule has 1 aliphatic rings. The van der Waals surface area contributed by atoms with Crippen molar-refractivity contribution in [3.8, 4) is 0 Å². The van der Waals surface area contributed by atoms with Gasteiger partial charge in [0.15, 0.2) is 0 Å². The van der Waals surface area contributed by atoms with Gasteiger partial charge in [-0.3, -0.25) is 4.84 Å². The average Bonchev–Trinajstić information content (AvgIpc) is 2.48. The van der Waals surface area contributed by atoms with Crippen LogP contribution in [-0.4, -0.2) is 18.2 Å². The second-order valence-electron chi connectivity index (χ2n) is 4.14. The minimum atomic E-state index is 0.246. The average molecular weight is 191 g/mol. The van der Waals surface area contributed by atoms with Crippen LogP contribution in [0.5, 0.6) is 0 Å². The molecule has 0 amide bonds. The molecule has 2 nitrogen and oxygen atoms in total. The molecule has 2 rings (SSSR count). The van der Waals surface area contributed by atoms with E-state index in [1.165, 1.54) is 11.1 Å². The summed E-state index contributed by atoms with van der Waals surface area (Å²) in [6.45, 7) is 4.29. The molecule has 0 spiro atoms. The molecule has 2 unspecified atom stereocenters. The van der Waals surface area contributed by atoms with Gasteiger partial charge in [-0.2, -0.15) is 5.06 Å². The molecule has 2 atom stereocenters. The van der Waals surface area contributed by atoms with Gasteiger partial charge in [0, 0.05) is 13.1 Å². The van der Waals surface area contributed by atoms with Crippen LogP contribution in [0.1, 0.15) is 30.6 Å². The van der Waals surface area contributed by atoms with E-state index >= 15 is 0 Å². The Morgan fingerprint density at radius 1 is 1.29 bits per heavy atom. The highest BCUT2D eigenvalue weighted by molar-refractivity contribution is 5.23. The lowest BCUT2D eigenvalue weighted by Gasteiger charge is -2.13. The Kier molecular flexibility index (Phi) is 2.57. The number of hydrogen-bond acceptors (Lipinski definition) is 2. The number of rotatable bonds is 1. The molecule has 0 aromatic heterocycles. The minimum absolute atomic E-state index is 0.246. The smallest absolute Gasteiger partial charge is 0.106 e. The van der Waals surface area contributed by atoms with E-state index in [-0.39, 0.29) is 6.10 Å². The molecule has 0 radical (unpaired) electrons. The van der Waals surface area contributed by atoms with E-state index in [0.29, 0.717) is 6.04 Å². The largest absolute Gasteiger partial charge is 0.291 e. The zero-order valence-electron chi connectivity index (χ0n) is 9.03. The molecule has 1 saturated heterocycles. The fourth-order valence-corrected chi connectivity index (χ4v) is 1.78. The Hall–Kier alpha value is -0.860. The summed E-state index contributed by atoms with van der Waals surface area (Å²) in [4.78, 5) is 5.73. The molecule has 0 bridgehead atoms. The van der Waals surface area contributed by atoms with Crippen molar-refractivity contribution in [2.45, 2.75) is 32.4 Å². The molecule has 76 valence electrons. The quantitative estimate of drug-likeness (QED) is 0.676. The third-order valence-corrected chi connectivity index (χ3v) is 2.92. The highest BCUT2D eigenvalue weighted by Gasteiger charge is 2.28. The fourth-order valence-electron chi connectivity index (χ4n) is 1.78. The van der Waals surface area contributed by atoms with Gasteiger partial charge in [0.2, 0.25) is 0 Å². The SMILES string of the molecule is Cc1ccc(C2CC(C)N(C)O2)cc1. The topological polar surface area (TPSA) is 12.5 Å². The molecule has 1 aromatic carbocycles. The first-order chi connectivity index (χ1) is 6.66. The molecule has 1 fully saturated rings. The van der Waals surface area contributed by atoms with Crippen LogP contribution in [0.15, 0.2) is 24.3 Å². The van der Waals surface area contributed by atoms with Gasteiger partial charge in [-0.05, 0) is 25.8 Å². The summed E-state index contributed by atoms with van der Waals surface area (Å²) in [7, 11) is 2.00. The summed E-state index contributed by atoms with van der Waals surface area (Å²) < 4.78 is 0. The Bertz CT molecular complexity index is 297. The van der Waals surface area contributed by atoms with Crippen LogP contribution in [0.25, 0.3) is 0 Å². The molecule has 1 aliphatic heterocycles. The summed E-state index contributed by atoms with van der Waals surface area (Å²) >= 11 is 0. The van der Waals surface area contributed by atoms with Crippen LogP contribution in [0.3, 0.4) is 0 Å². The Balaban J connectivity index is 2.13. The van der Waals surface area contributed by atoms with Crippen molar-refractivity contribution in [3.63, 3.8) is 0 Å². The summed E-state index contributed by atoms with van der Waals surface area (Å²) in [6, 6.07) is 9.11. The van der Waals surface area contributed by atoms with Crippen molar-refractivity contribution < 1.29 is 4.84 Å². The van der Waals surface area contributed by atoms with Gasteiger partial charge < -0.3 is 0 Å². The fraction of sp³-hybridized carbons (Fsp3) is 0.500. The van der Waals surface area contributed by atoms with Crippen molar-refractivity contribution in [3.05, 3.63) is 35.4 Å². The molecule has 14 heavy (non-hydrogen) atoms. The van der Waals surface area contributed by atoms with Gasteiger partial charge in [-0.1, -0.05) is 29.8 Å². The Morgan fingerprint density at radius 3 is 2.43 bits per heavy atom. The minimum Gasteiger partial charge on any atom is -0.291 e. The van der Waals surface area contributed by atoms with Crippen molar-refractivity contribution >= 4 is 0 Å². The molecular weight excluding hydrogens is 174 g/mol. The van der Waals surface area contributed by atoms with Gasteiger partial charge >= 0.3 is 0 Å². The van der Waals surface area contributed by atoms with Gasteiger partial charge in [0.25, 0.3) is 0 Å². The van der Waals surface area contributed by atoms with E-state index < -0.39 is 0 Å². The lowest BCUT2D eigenvalue weighted by Crippen LogP contribution is -2.19. The first-order valence-electron chi connectivity index (χ1n) is 5.13. The standard InChI is InChI=1S/C12H17NO/c1-9-4-6-11(7-5-9)12-8-10(2)13(3)14-12/h4-7,10,12H,8H2,1-3H3. The van der Waals surface area contributed by atoms with E-state index in [1.807, 2.05) is 12.1 Å². The molecule has 0 saturated carbocycles. The Labute approximate surface area is 85.4 Å². The van der Waals surface area contributed by atoms with E-state index in [9.17, 15) is 0 Å². The highest BCUT2D eigenvalue weighted by Crippen LogP contribution is 2.31. The number of benzene rings is 1. The molecular formula is C12H17NO. The van der Waals surface area contributed by atoms with Gasteiger partial charge in [0.1, 0.15) is 6.10 Å². The molecule has 2 heteroatoms. The van der Waals surface area contributed by atoms with Crippen LogP contribution in [-0.2, 0) is 4.84 Å². The van der Waals surface area contributed by atoms with Gasteiger partial charge in [0.05, 0.1) is 0 Å². The van der Waals surface area contributed by atoms with Crippen molar-refractivity contribution in [2.75, 3.05) is 7.05 Å². The van der Waals surface area contributed by atoms with E-state index in [4.69, 9.17) is 4.84 Å². The van der Waals surface area contributed by atoms with E-state index in [1.54, 1.807) is 0 Å². The van der Waals surface area contributed by atoms with Crippen LogP contribution in [0.4, 0.5) is 0 Å². The third-order valence-electron chi connectivity index (χ3n) is 2.92. The van der Waals surface area contributed by atoms with E-state index in [2.05, 4.69) is 38.1 Å². The second-order valence-corrected chi connectivity index (χ2v) is 4.14. The maximum absolute atomic E-state index is 5.73. The van der Waals surface area contributed by atoms with Gasteiger partial charge in [-0.25, -0.2) is 0 Å². The normalized spacial score (nSPS) is 28.2. The number of hydroxylamine groups is 2. The first kappa shape index (κ1) is 9.69. The van der Waals surface area contributed by atoms with Crippen LogP contribution >= 0.6 is 0 Å². The molecule has 0 aliphatic carbocycles. The second kappa shape index (κ2) is 3.71. The monoisotopic (exact) mass is 191 g/mol. The van der Waals surface area contributed by atoms with E-state index in [0.717, 1.165) is 6.42 Å². The summed E-state index contributed by atoms with van der Waals surface area (Å²) in [5, 5.41) is 1.95. The summed E-state index contributed by atoms with van der Waals surface area (Å²) in [6.07, 6.45) is 1.33. The zero-order chi connectivity index (χ0) is 10.1. The zero-order valence-corrected chi connectivity index (χ0v) is 9.03. The predicted octanol–water partition coefficient (Wildman–Crippen LogP) is 2.69. The number of aryl methyl sites for hydroxylation is 1. The van der Waals surface area contributed by atoms with Crippen LogP contribution < -0.4 is 0 Å². The maximum atomic E-state index is 5.73. The third kappa shape index (κ3) is 1.81. The maximum Gasteiger partial charge on any atom is 0.106 e. The molecule has 1 heterocycles. The lowest BCUT2D eigenvalue weighted by atomic mass is 10.0. The van der Waals surface area contributed by atoms with Crippen molar-refractivity contribution in [2.24, 2.45) is 0 Å². The highest BCUT2D eigenvalue weighted by atomic mass is 16.7. The Morgan fingerprint density at radius 2 is 1.93 bits per heavy atom. The van der Waals surface area contributed by atoms with Crippen molar-refractivity contribution in [1.82, 2.24) is 5.06 Å². The number of nitrogens with zero attached hydrogens (tertiary/aromatic N) is 1. The summed E-state index contributed by atoms with van der Waals surface area (Å²) in [5.41, 5.74) is 2.58. The van der Waals surface area contributed by atoms with Crippen molar-refractivity contribution in [1.29, 1.82) is 0 Å². The van der Waals surface area contributed by atoms with Gasteiger partial charge in [-0.15, -0.1) is 0 Å². The summed E-state index contributed by atoms with van der Waals surface area (Å²) in [5.74, 6) is 0. The molecule has 1 aromatic rings.